The molecule has 0 unspecified atom stereocenters. The molecule has 0 aliphatic rings. The molecule has 182 valence electrons. The number of anilines is 1. The molecule has 1 aromatic carbocycles. The molecule has 0 aliphatic heterocycles. The summed E-state index contributed by atoms with van der Waals surface area (Å²) in [7, 11) is -2.02. The van der Waals surface area contributed by atoms with Gasteiger partial charge in [0.05, 0.1) is 36.1 Å². The highest BCUT2D eigenvalue weighted by Crippen LogP contribution is 2.37. The fourth-order valence-electron chi connectivity index (χ4n) is 3.32. The van der Waals surface area contributed by atoms with Crippen molar-refractivity contribution in [3.05, 3.63) is 59.3 Å². The molecule has 0 atom stereocenters. The zero-order chi connectivity index (χ0) is 25.5. The van der Waals surface area contributed by atoms with Crippen molar-refractivity contribution < 1.29 is 31.5 Å². The van der Waals surface area contributed by atoms with Crippen molar-refractivity contribution >= 4 is 38.7 Å². The van der Waals surface area contributed by atoms with Crippen LogP contribution in [0.15, 0.2) is 41.8 Å². The highest BCUT2D eigenvalue weighted by Gasteiger charge is 2.27. The summed E-state index contributed by atoms with van der Waals surface area (Å²) in [6.07, 6.45) is 3.70. The number of sulfonamides is 1. The van der Waals surface area contributed by atoms with Crippen LogP contribution in [0.2, 0.25) is 5.02 Å². The smallest absolute Gasteiger partial charge is 0.267 e. The van der Waals surface area contributed by atoms with E-state index < -0.39 is 37.8 Å². The van der Waals surface area contributed by atoms with E-state index in [-0.39, 0.29) is 39.5 Å². The molecule has 10 nitrogen and oxygen atoms in total. The molecule has 0 saturated heterocycles. The van der Waals surface area contributed by atoms with Crippen molar-refractivity contribution in [2.75, 3.05) is 18.9 Å². The van der Waals surface area contributed by atoms with Crippen LogP contribution in [0.4, 0.5) is 14.5 Å². The maximum Gasteiger partial charge on any atom is 0.267 e. The van der Waals surface area contributed by atoms with E-state index in [1.807, 2.05) is 0 Å². The van der Waals surface area contributed by atoms with E-state index in [2.05, 4.69) is 19.7 Å². The molecule has 3 heterocycles. The molecule has 1 N–H and O–H groups in total. The number of hydrogen-bond acceptors (Lipinski definition) is 8. The van der Waals surface area contributed by atoms with Crippen molar-refractivity contribution in [1.29, 1.82) is 0 Å². The van der Waals surface area contributed by atoms with E-state index in [1.54, 1.807) is 0 Å². The molecule has 0 amide bonds. The van der Waals surface area contributed by atoms with Gasteiger partial charge in [0, 0.05) is 19.3 Å². The standard InChI is InChI=1S/C21H16ClF2N5O5S/c1-10(30)18-19-27-20(33-2)12(8-29(19)9-26-18)16-13(23)4-5-14(17(16)24)28-35(31,32)15-6-11(22)7-25-21(15)34-3/h4-9,28H,1-3H3. The van der Waals surface area contributed by atoms with Gasteiger partial charge in [0.2, 0.25) is 11.8 Å². The van der Waals surface area contributed by atoms with Gasteiger partial charge in [-0.05, 0) is 18.2 Å². The van der Waals surface area contributed by atoms with Crippen molar-refractivity contribution in [1.82, 2.24) is 19.4 Å². The molecule has 35 heavy (non-hydrogen) atoms. The van der Waals surface area contributed by atoms with E-state index in [9.17, 15) is 17.6 Å². The minimum atomic E-state index is -4.45. The maximum atomic E-state index is 15.6. The molecular formula is C21H16ClF2N5O5S. The number of carbonyl (C=O) groups is 1. The fourth-order valence-corrected chi connectivity index (χ4v) is 4.75. The Morgan fingerprint density at radius 2 is 1.86 bits per heavy atom. The Morgan fingerprint density at radius 3 is 2.51 bits per heavy atom. The summed E-state index contributed by atoms with van der Waals surface area (Å²) in [4.78, 5) is 23.2. The number of hydrogen-bond donors (Lipinski definition) is 1. The average Bonchev–Trinajstić information content (AvgIpc) is 3.23. The number of ketones is 1. The van der Waals surface area contributed by atoms with Crippen molar-refractivity contribution in [3.63, 3.8) is 0 Å². The molecule has 14 heteroatoms. The van der Waals surface area contributed by atoms with Gasteiger partial charge in [0.15, 0.2) is 27.8 Å². The molecule has 3 aromatic heterocycles. The Bertz CT molecular complexity index is 1590. The van der Waals surface area contributed by atoms with Crippen LogP contribution in [-0.4, -0.2) is 47.8 Å². The Kier molecular flexibility index (Phi) is 6.30. The number of rotatable bonds is 7. The van der Waals surface area contributed by atoms with Gasteiger partial charge >= 0.3 is 0 Å². The molecule has 0 radical (unpaired) electrons. The van der Waals surface area contributed by atoms with Gasteiger partial charge in [-0.3, -0.25) is 13.9 Å². The quantitative estimate of drug-likeness (QED) is 0.363. The van der Waals surface area contributed by atoms with Crippen molar-refractivity contribution in [2.24, 2.45) is 0 Å². The Labute approximate surface area is 202 Å². The minimum absolute atomic E-state index is 0.000757. The first-order chi connectivity index (χ1) is 16.6. The highest BCUT2D eigenvalue weighted by atomic mass is 35.5. The van der Waals surface area contributed by atoms with E-state index in [0.29, 0.717) is 0 Å². The van der Waals surface area contributed by atoms with Crippen LogP contribution in [0.5, 0.6) is 11.8 Å². The second kappa shape index (κ2) is 9.07. The molecule has 0 fully saturated rings. The zero-order valence-electron chi connectivity index (χ0n) is 18.3. The predicted octanol–water partition coefficient (Wildman–Crippen LogP) is 3.74. The van der Waals surface area contributed by atoms with E-state index >= 15 is 4.39 Å². The monoisotopic (exact) mass is 523 g/mol. The number of ether oxygens (including phenoxy) is 2. The summed E-state index contributed by atoms with van der Waals surface area (Å²) < 4.78 is 69.9. The van der Waals surface area contributed by atoms with Gasteiger partial charge in [-0.2, -0.15) is 4.98 Å². The number of nitrogens with zero attached hydrogens (tertiary/aromatic N) is 4. The van der Waals surface area contributed by atoms with Crippen LogP contribution >= 0.6 is 11.6 Å². The topological polar surface area (TPSA) is 125 Å². The third-order valence-corrected chi connectivity index (χ3v) is 6.44. The maximum absolute atomic E-state index is 15.6. The highest BCUT2D eigenvalue weighted by molar-refractivity contribution is 7.92. The number of pyridine rings is 1. The van der Waals surface area contributed by atoms with Gasteiger partial charge in [0.25, 0.3) is 10.0 Å². The van der Waals surface area contributed by atoms with Gasteiger partial charge in [-0.15, -0.1) is 0 Å². The second-order valence-electron chi connectivity index (χ2n) is 7.09. The minimum Gasteiger partial charge on any atom is -0.480 e. The second-order valence-corrected chi connectivity index (χ2v) is 9.18. The predicted molar refractivity (Wildman–Crippen MR) is 122 cm³/mol. The molecular weight excluding hydrogens is 508 g/mol. The number of fused-ring (bicyclic) bond motifs is 1. The Hall–Kier alpha value is -3.84. The lowest BCUT2D eigenvalue weighted by Gasteiger charge is -2.15. The largest absolute Gasteiger partial charge is 0.480 e. The summed E-state index contributed by atoms with van der Waals surface area (Å²) >= 11 is 5.86. The number of nitrogens with one attached hydrogen (secondary N) is 1. The summed E-state index contributed by atoms with van der Waals surface area (Å²) in [5.41, 5.74) is -1.17. The third-order valence-electron chi connectivity index (χ3n) is 4.87. The molecule has 0 saturated carbocycles. The molecule has 0 aliphatic carbocycles. The lowest BCUT2D eigenvalue weighted by molar-refractivity contribution is 0.101. The van der Waals surface area contributed by atoms with Crippen molar-refractivity contribution in [3.8, 4) is 22.9 Å². The van der Waals surface area contributed by atoms with Crippen LogP contribution in [0.1, 0.15) is 17.4 Å². The van der Waals surface area contributed by atoms with E-state index in [0.717, 1.165) is 18.2 Å². The fraction of sp³-hybridized carbons (Fsp3) is 0.143. The van der Waals surface area contributed by atoms with E-state index in [4.69, 9.17) is 21.1 Å². The summed E-state index contributed by atoms with van der Waals surface area (Å²) in [5, 5.41) is 0.000757. The Balaban J connectivity index is 1.86. The van der Waals surface area contributed by atoms with Gasteiger partial charge in [-0.1, -0.05) is 11.6 Å². The lowest BCUT2D eigenvalue weighted by atomic mass is 10.1. The first-order valence-electron chi connectivity index (χ1n) is 9.70. The Morgan fingerprint density at radius 1 is 1.14 bits per heavy atom. The summed E-state index contributed by atoms with van der Waals surface area (Å²) in [6.45, 7) is 1.30. The normalized spacial score (nSPS) is 11.5. The number of methoxy groups -OCH3 is 2. The number of halogens is 3. The van der Waals surface area contributed by atoms with Crippen LogP contribution in [0.3, 0.4) is 0 Å². The van der Waals surface area contributed by atoms with Crippen LogP contribution in [-0.2, 0) is 10.0 Å². The van der Waals surface area contributed by atoms with Gasteiger partial charge in [0.1, 0.15) is 12.1 Å². The number of imidazole rings is 1. The van der Waals surface area contributed by atoms with E-state index in [1.165, 1.54) is 44.3 Å². The van der Waals surface area contributed by atoms with Crippen LogP contribution in [0, 0.1) is 11.6 Å². The third kappa shape index (κ3) is 4.35. The number of carbonyl (C=O) groups excluding carboxylic acids is 1. The summed E-state index contributed by atoms with van der Waals surface area (Å²) in [6, 6.07) is 2.87. The summed E-state index contributed by atoms with van der Waals surface area (Å²) in [5.74, 6) is -3.11. The number of benzene rings is 1. The van der Waals surface area contributed by atoms with Crippen LogP contribution < -0.4 is 14.2 Å². The molecule has 0 bridgehead atoms. The SMILES string of the molecule is COc1nc2c(C(C)=O)ncn2cc1-c1c(F)ccc(NS(=O)(=O)c2cc(Cl)cnc2OC)c1F. The first kappa shape index (κ1) is 24.3. The van der Waals surface area contributed by atoms with Gasteiger partial charge < -0.3 is 9.47 Å². The number of Topliss-reactive ketones (excluding diaryl/α,β-unsaturated/α-hetero) is 1. The van der Waals surface area contributed by atoms with Crippen molar-refractivity contribution in [2.45, 2.75) is 11.8 Å². The number of aromatic nitrogens is 4. The lowest BCUT2D eigenvalue weighted by Crippen LogP contribution is -2.16. The molecule has 4 aromatic rings. The first-order valence-corrected chi connectivity index (χ1v) is 11.6. The zero-order valence-corrected chi connectivity index (χ0v) is 19.9. The van der Waals surface area contributed by atoms with Crippen LogP contribution in [0.25, 0.3) is 16.8 Å². The molecule has 0 spiro atoms. The molecule has 4 rings (SSSR count). The average molecular weight is 524 g/mol. The van der Waals surface area contributed by atoms with Gasteiger partial charge in [-0.25, -0.2) is 27.2 Å².